The highest BCUT2D eigenvalue weighted by Crippen LogP contribution is 2.41. The van der Waals surface area contributed by atoms with E-state index in [0.29, 0.717) is 19.1 Å². The molecular formula is C17H24BrClO2. The van der Waals surface area contributed by atoms with Gasteiger partial charge in [-0.15, -0.1) is 11.6 Å². The first-order valence-corrected chi connectivity index (χ1v) is 8.90. The largest absolute Gasteiger partial charge is 0.490 e. The van der Waals surface area contributed by atoms with Crippen molar-refractivity contribution >= 4 is 27.5 Å². The number of methoxy groups -OCH3 is 1. The fourth-order valence-electron chi connectivity index (χ4n) is 2.89. The highest BCUT2D eigenvalue weighted by Gasteiger charge is 2.26. The topological polar surface area (TPSA) is 18.5 Å². The Morgan fingerprint density at radius 3 is 2.57 bits per heavy atom. The molecule has 4 heteroatoms. The molecule has 2 rings (SSSR count). The van der Waals surface area contributed by atoms with E-state index >= 15 is 0 Å². The van der Waals surface area contributed by atoms with Crippen LogP contribution in [0.5, 0.6) is 5.75 Å². The van der Waals surface area contributed by atoms with Gasteiger partial charge in [0.2, 0.25) is 0 Å². The van der Waals surface area contributed by atoms with Crippen molar-refractivity contribution in [3.05, 3.63) is 28.2 Å². The SMILES string of the molecule is COCCOc1ccc(C(Cl)C2CCC(C)CC2)cc1Br. The van der Waals surface area contributed by atoms with Crippen LogP contribution >= 0.6 is 27.5 Å². The number of hydrogen-bond acceptors (Lipinski definition) is 2. The predicted molar refractivity (Wildman–Crippen MR) is 91.2 cm³/mol. The molecule has 2 nitrogen and oxygen atoms in total. The molecular weight excluding hydrogens is 352 g/mol. The van der Waals surface area contributed by atoms with Crippen LogP contribution in [0.2, 0.25) is 0 Å². The van der Waals surface area contributed by atoms with Gasteiger partial charge in [-0.2, -0.15) is 0 Å². The third-order valence-corrected chi connectivity index (χ3v) is 5.52. The van der Waals surface area contributed by atoms with Gasteiger partial charge in [-0.05, 0) is 58.3 Å². The first kappa shape index (κ1) is 17.1. The molecule has 0 aromatic heterocycles. The van der Waals surface area contributed by atoms with Crippen LogP contribution in [-0.4, -0.2) is 20.3 Å². The van der Waals surface area contributed by atoms with Crippen LogP contribution in [0.1, 0.15) is 43.5 Å². The standard InChI is InChI=1S/C17H24BrClO2/c1-12-3-5-13(6-4-12)17(19)14-7-8-16(15(18)11-14)21-10-9-20-2/h7-8,11-13,17H,3-6,9-10H2,1-2H3. The minimum Gasteiger partial charge on any atom is -0.490 e. The predicted octanol–water partition coefficient (Wildman–Crippen LogP) is 5.58. The fourth-order valence-corrected chi connectivity index (χ4v) is 3.79. The molecule has 1 aromatic rings. The molecule has 1 atom stereocenters. The zero-order valence-electron chi connectivity index (χ0n) is 12.8. The Labute approximate surface area is 141 Å². The minimum absolute atomic E-state index is 0.0989. The molecule has 1 fully saturated rings. The molecule has 0 bridgehead atoms. The van der Waals surface area contributed by atoms with Gasteiger partial charge in [0.15, 0.2) is 0 Å². The lowest BCUT2D eigenvalue weighted by atomic mass is 9.80. The van der Waals surface area contributed by atoms with E-state index in [0.717, 1.165) is 16.1 Å². The maximum Gasteiger partial charge on any atom is 0.133 e. The number of alkyl halides is 1. The van der Waals surface area contributed by atoms with Crippen LogP contribution in [0.4, 0.5) is 0 Å². The molecule has 0 N–H and O–H groups in total. The van der Waals surface area contributed by atoms with Gasteiger partial charge < -0.3 is 9.47 Å². The molecule has 0 aliphatic heterocycles. The quantitative estimate of drug-likeness (QED) is 0.477. The monoisotopic (exact) mass is 374 g/mol. The van der Waals surface area contributed by atoms with Gasteiger partial charge in [-0.3, -0.25) is 0 Å². The Bertz CT molecular complexity index is 444. The lowest BCUT2D eigenvalue weighted by molar-refractivity contribution is 0.146. The smallest absolute Gasteiger partial charge is 0.133 e. The summed E-state index contributed by atoms with van der Waals surface area (Å²) < 4.78 is 11.6. The van der Waals surface area contributed by atoms with E-state index in [1.165, 1.54) is 31.2 Å². The van der Waals surface area contributed by atoms with Crippen LogP contribution in [0.15, 0.2) is 22.7 Å². The molecule has 0 heterocycles. The lowest BCUT2D eigenvalue weighted by Crippen LogP contribution is -2.16. The lowest BCUT2D eigenvalue weighted by Gasteiger charge is -2.29. The van der Waals surface area contributed by atoms with Crippen LogP contribution in [0.25, 0.3) is 0 Å². The van der Waals surface area contributed by atoms with Gasteiger partial charge in [0.25, 0.3) is 0 Å². The molecule has 0 spiro atoms. The number of rotatable bonds is 6. The van der Waals surface area contributed by atoms with Gasteiger partial charge in [0.05, 0.1) is 16.5 Å². The third-order valence-electron chi connectivity index (χ3n) is 4.29. The van der Waals surface area contributed by atoms with Crippen molar-refractivity contribution in [3.63, 3.8) is 0 Å². The van der Waals surface area contributed by atoms with Crippen molar-refractivity contribution < 1.29 is 9.47 Å². The average Bonchev–Trinajstić information content (AvgIpc) is 2.49. The van der Waals surface area contributed by atoms with Gasteiger partial charge >= 0.3 is 0 Å². The summed E-state index contributed by atoms with van der Waals surface area (Å²) >= 11 is 10.3. The van der Waals surface area contributed by atoms with Gasteiger partial charge in [-0.25, -0.2) is 0 Å². The van der Waals surface area contributed by atoms with Crippen LogP contribution in [0, 0.1) is 11.8 Å². The minimum atomic E-state index is 0.0989. The Morgan fingerprint density at radius 2 is 1.95 bits per heavy atom. The summed E-state index contributed by atoms with van der Waals surface area (Å²) in [7, 11) is 1.67. The summed E-state index contributed by atoms with van der Waals surface area (Å²) in [6, 6.07) is 6.18. The number of ether oxygens (including phenoxy) is 2. The van der Waals surface area contributed by atoms with Crippen molar-refractivity contribution in [1.29, 1.82) is 0 Å². The van der Waals surface area contributed by atoms with Crippen molar-refractivity contribution in [2.75, 3.05) is 20.3 Å². The van der Waals surface area contributed by atoms with Crippen LogP contribution in [-0.2, 0) is 4.74 Å². The second kappa shape index (κ2) is 8.40. The molecule has 1 aliphatic rings. The second-order valence-corrected chi connectivity index (χ2v) is 7.28. The molecule has 1 aliphatic carbocycles. The van der Waals surface area contributed by atoms with Gasteiger partial charge in [0.1, 0.15) is 12.4 Å². The van der Waals surface area contributed by atoms with E-state index in [9.17, 15) is 0 Å². The molecule has 0 radical (unpaired) electrons. The van der Waals surface area contributed by atoms with Crippen LogP contribution in [0.3, 0.4) is 0 Å². The number of hydrogen-bond donors (Lipinski definition) is 0. The third kappa shape index (κ3) is 4.87. The van der Waals surface area contributed by atoms with E-state index < -0.39 is 0 Å². The normalized spacial score (nSPS) is 23.8. The molecule has 1 unspecified atom stereocenters. The summed E-state index contributed by atoms with van der Waals surface area (Å²) in [6.45, 7) is 3.48. The van der Waals surface area contributed by atoms with Crippen molar-refractivity contribution in [1.82, 2.24) is 0 Å². The Hall–Kier alpha value is -0.250. The van der Waals surface area contributed by atoms with Crippen molar-refractivity contribution in [3.8, 4) is 5.75 Å². The summed E-state index contributed by atoms with van der Waals surface area (Å²) in [5, 5.41) is 0.0989. The average molecular weight is 376 g/mol. The highest BCUT2D eigenvalue weighted by molar-refractivity contribution is 9.10. The second-order valence-electron chi connectivity index (χ2n) is 5.95. The molecule has 0 saturated heterocycles. The maximum absolute atomic E-state index is 6.70. The fraction of sp³-hybridized carbons (Fsp3) is 0.647. The maximum atomic E-state index is 6.70. The molecule has 1 aromatic carbocycles. The highest BCUT2D eigenvalue weighted by atomic mass is 79.9. The Balaban J connectivity index is 1.98. The number of halogens is 2. The Morgan fingerprint density at radius 1 is 1.24 bits per heavy atom. The van der Waals surface area contributed by atoms with Crippen molar-refractivity contribution in [2.24, 2.45) is 11.8 Å². The van der Waals surface area contributed by atoms with Crippen molar-refractivity contribution in [2.45, 2.75) is 38.0 Å². The van der Waals surface area contributed by atoms with E-state index in [4.69, 9.17) is 21.1 Å². The van der Waals surface area contributed by atoms with E-state index in [1.54, 1.807) is 7.11 Å². The van der Waals surface area contributed by atoms with E-state index in [2.05, 4.69) is 35.0 Å². The first-order valence-electron chi connectivity index (χ1n) is 7.67. The molecule has 21 heavy (non-hydrogen) atoms. The summed E-state index contributed by atoms with van der Waals surface area (Å²) in [5.74, 6) is 2.29. The summed E-state index contributed by atoms with van der Waals surface area (Å²) in [4.78, 5) is 0. The van der Waals surface area contributed by atoms with Gasteiger partial charge in [-0.1, -0.05) is 25.8 Å². The van der Waals surface area contributed by atoms with Crippen LogP contribution < -0.4 is 4.74 Å². The molecule has 0 amide bonds. The van der Waals surface area contributed by atoms with E-state index in [-0.39, 0.29) is 5.38 Å². The Kier molecular flexibility index (Phi) is 6.84. The number of benzene rings is 1. The molecule has 1 saturated carbocycles. The zero-order valence-corrected chi connectivity index (χ0v) is 15.1. The summed E-state index contributed by atoms with van der Waals surface area (Å²) in [5.41, 5.74) is 1.18. The zero-order chi connectivity index (χ0) is 15.2. The summed E-state index contributed by atoms with van der Waals surface area (Å²) in [6.07, 6.45) is 5.07. The van der Waals surface area contributed by atoms with Gasteiger partial charge in [0, 0.05) is 7.11 Å². The first-order chi connectivity index (χ1) is 10.1. The van der Waals surface area contributed by atoms with E-state index in [1.807, 2.05) is 6.07 Å². The molecule has 118 valence electrons.